The second-order valence-corrected chi connectivity index (χ2v) is 6.16. The Hall–Kier alpha value is -1.69. The Morgan fingerprint density at radius 1 is 1.38 bits per heavy atom. The molecule has 114 valence electrons. The number of aryl methyl sites for hydroxylation is 1. The number of nitrogens with one attached hydrogen (secondary N) is 1. The fraction of sp³-hybridized carbons (Fsp3) is 0.667. The van der Waals surface area contributed by atoms with Gasteiger partial charge in [0.25, 0.3) is 0 Å². The average molecular weight is 288 g/mol. The number of H-pyrrole nitrogens is 1. The normalized spacial score (nSPS) is 20.3. The molecule has 0 bridgehead atoms. The van der Waals surface area contributed by atoms with Crippen molar-refractivity contribution in [2.75, 3.05) is 6.54 Å². The molecule has 0 aliphatic carbocycles. The molecule has 2 aromatic heterocycles. The largest absolute Gasteiger partial charge is 0.288 e. The van der Waals surface area contributed by atoms with Gasteiger partial charge in [0.15, 0.2) is 5.82 Å². The van der Waals surface area contributed by atoms with Gasteiger partial charge in [0.2, 0.25) is 0 Å². The summed E-state index contributed by atoms with van der Waals surface area (Å²) in [6.45, 7) is 6.27. The van der Waals surface area contributed by atoms with Crippen molar-refractivity contribution in [1.29, 1.82) is 0 Å². The van der Waals surface area contributed by atoms with Gasteiger partial charge >= 0.3 is 0 Å². The number of nitrogens with zero attached hydrogens (tertiary/aromatic N) is 5. The zero-order valence-electron chi connectivity index (χ0n) is 13.1. The molecule has 3 rings (SSSR count). The van der Waals surface area contributed by atoms with Crippen molar-refractivity contribution >= 4 is 0 Å². The van der Waals surface area contributed by atoms with Crippen LogP contribution in [0.2, 0.25) is 0 Å². The highest BCUT2D eigenvalue weighted by atomic mass is 15.3. The molecular formula is C15H24N6. The van der Waals surface area contributed by atoms with E-state index in [0.717, 1.165) is 31.2 Å². The Kier molecular flexibility index (Phi) is 4.05. The van der Waals surface area contributed by atoms with Crippen LogP contribution in [-0.4, -0.2) is 36.4 Å². The van der Waals surface area contributed by atoms with Crippen LogP contribution in [0.25, 0.3) is 0 Å². The van der Waals surface area contributed by atoms with Gasteiger partial charge in [-0.25, -0.2) is 4.98 Å². The van der Waals surface area contributed by atoms with Crippen molar-refractivity contribution in [2.45, 2.75) is 51.6 Å². The zero-order chi connectivity index (χ0) is 14.8. The van der Waals surface area contributed by atoms with E-state index in [4.69, 9.17) is 4.98 Å². The van der Waals surface area contributed by atoms with Crippen LogP contribution in [0.5, 0.6) is 0 Å². The van der Waals surface area contributed by atoms with E-state index in [2.05, 4.69) is 40.1 Å². The van der Waals surface area contributed by atoms with E-state index < -0.39 is 0 Å². The first kappa shape index (κ1) is 14.3. The lowest BCUT2D eigenvalue weighted by molar-refractivity contribution is 0.130. The van der Waals surface area contributed by atoms with Crippen LogP contribution in [0.15, 0.2) is 12.3 Å². The van der Waals surface area contributed by atoms with Gasteiger partial charge in [-0.05, 0) is 25.5 Å². The number of hydrogen-bond donors (Lipinski definition) is 1. The summed E-state index contributed by atoms with van der Waals surface area (Å²) >= 11 is 0. The molecule has 0 unspecified atom stereocenters. The van der Waals surface area contributed by atoms with E-state index in [-0.39, 0.29) is 0 Å². The molecule has 0 amide bonds. The molecule has 1 aliphatic heterocycles. The third-order valence-electron chi connectivity index (χ3n) is 4.25. The van der Waals surface area contributed by atoms with E-state index in [1.807, 2.05) is 17.9 Å². The number of likely N-dealkylation sites (tertiary alicyclic amines) is 1. The molecule has 0 saturated carbocycles. The summed E-state index contributed by atoms with van der Waals surface area (Å²) in [6.07, 6.45) is 5.51. The quantitative estimate of drug-likeness (QED) is 0.938. The number of aromatic amines is 1. The van der Waals surface area contributed by atoms with E-state index in [1.165, 1.54) is 18.5 Å². The van der Waals surface area contributed by atoms with Crippen molar-refractivity contribution in [3.8, 4) is 0 Å². The van der Waals surface area contributed by atoms with Crippen molar-refractivity contribution in [3.63, 3.8) is 0 Å². The molecule has 1 saturated heterocycles. The standard InChI is InChI=1S/C15H24N6/c1-11(2)14-17-15(19-18-14)13-6-4-5-9-21(13)10-12-7-8-16-20(12)3/h7-8,11,13H,4-6,9-10H2,1-3H3,(H,17,18,19)/t13-/m0/s1. The molecular weight excluding hydrogens is 264 g/mol. The van der Waals surface area contributed by atoms with E-state index >= 15 is 0 Å². The summed E-state index contributed by atoms with van der Waals surface area (Å²) in [5, 5.41) is 11.8. The predicted octanol–water partition coefficient (Wildman–Crippen LogP) is 2.39. The maximum atomic E-state index is 4.70. The third-order valence-corrected chi connectivity index (χ3v) is 4.25. The van der Waals surface area contributed by atoms with E-state index in [1.54, 1.807) is 0 Å². The van der Waals surface area contributed by atoms with Gasteiger partial charge < -0.3 is 0 Å². The molecule has 3 heterocycles. The second kappa shape index (κ2) is 5.97. The summed E-state index contributed by atoms with van der Waals surface area (Å²) in [7, 11) is 2.00. The lowest BCUT2D eigenvalue weighted by atomic mass is 10.0. The Morgan fingerprint density at radius 2 is 2.24 bits per heavy atom. The van der Waals surface area contributed by atoms with E-state index in [0.29, 0.717) is 12.0 Å². The van der Waals surface area contributed by atoms with Crippen LogP contribution < -0.4 is 0 Å². The summed E-state index contributed by atoms with van der Waals surface area (Å²) in [4.78, 5) is 7.20. The first-order valence-electron chi connectivity index (χ1n) is 7.78. The minimum Gasteiger partial charge on any atom is -0.288 e. The molecule has 0 aromatic carbocycles. The van der Waals surface area contributed by atoms with Gasteiger partial charge in [0, 0.05) is 25.7 Å². The van der Waals surface area contributed by atoms with Crippen molar-refractivity contribution in [2.24, 2.45) is 7.05 Å². The molecule has 6 nitrogen and oxygen atoms in total. The Labute approximate surface area is 125 Å². The molecule has 1 fully saturated rings. The first-order valence-corrected chi connectivity index (χ1v) is 7.78. The van der Waals surface area contributed by atoms with Gasteiger partial charge in [-0.2, -0.15) is 10.2 Å². The van der Waals surface area contributed by atoms with Crippen molar-refractivity contribution in [3.05, 3.63) is 29.6 Å². The molecule has 0 spiro atoms. The Balaban J connectivity index is 1.79. The maximum Gasteiger partial charge on any atom is 0.153 e. The highest BCUT2D eigenvalue weighted by Crippen LogP contribution is 2.30. The van der Waals surface area contributed by atoms with Crippen LogP contribution >= 0.6 is 0 Å². The molecule has 21 heavy (non-hydrogen) atoms. The fourth-order valence-electron chi connectivity index (χ4n) is 2.95. The lowest BCUT2D eigenvalue weighted by Crippen LogP contribution is -2.34. The van der Waals surface area contributed by atoms with Crippen LogP contribution in [-0.2, 0) is 13.6 Å². The smallest absolute Gasteiger partial charge is 0.153 e. The second-order valence-electron chi connectivity index (χ2n) is 6.16. The number of hydrogen-bond acceptors (Lipinski definition) is 4. The van der Waals surface area contributed by atoms with Crippen LogP contribution in [0.3, 0.4) is 0 Å². The van der Waals surface area contributed by atoms with Crippen LogP contribution in [0.4, 0.5) is 0 Å². The number of piperidine rings is 1. The molecule has 1 atom stereocenters. The number of aromatic nitrogens is 5. The maximum absolute atomic E-state index is 4.70. The Bertz CT molecular complexity index is 585. The number of rotatable bonds is 4. The highest BCUT2D eigenvalue weighted by Gasteiger charge is 2.27. The lowest BCUT2D eigenvalue weighted by Gasteiger charge is -2.34. The predicted molar refractivity (Wildman–Crippen MR) is 80.7 cm³/mol. The summed E-state index contributed by atoms with van der Waals surface area (Å²) in [5.41, 5.74) is 1.24. The molecule has 1 N–H and O–H groups in total. The molecule has 2 aromatic rings. The Morgan fingerprint density at radius 3 is 2.90 bits per heavy atom. The minimum absolute atomic E-state index is 0.341. The van der Waals surface area contributed by atoms with Crippen LogP contribution in [0.1, 0.15) is 62.4 Å². The van der Waals surface area contributed by atoms with Gasteiger partial charge in [0.1, 0.15) is 5.82 Å². The van der Waals surface area contributed by atoms with Crippen molar-refractivity contribution < 1.29 is 0 Å². The molecule has 0 radical (unpaired) electrons. The van der Waals surface area contributed by atoms with Crippen LogP contribution in [0, 0.1) is 0 Å². The minimum atomic E-state index is 0.341. The molecule has 6 heteroatoms. The van der Waals surface area contributed by atoms with Gasteiger partial charge in [0.05, 0.1) is 11.7 Å². The van der Waals surface area contributed by atoms with Gasteiger partial charge in [-0.1, -0.05) is 20.3 Å². The fourth-order valence-corrected chi connectivity index (χ4v) is 2.95. The zero-order valence-corrected chi connectivity index (χ0v) is 13.1. The summed E-state index contributed by atoms with van der Waals surface area (Å²) < 4.78 is 1.95. The molecule has 1 aliphatic rings. The highest BCUT2D eigenvalue weighted by molar-refractivity contribution is 5.05. The third kappa shape index (κ3) is 3.00. The van der Waals surface area contributed by atoms with Gasteiger partial charge in [-0.3, -0.25) is 14.7 Å². The summed E-state index contributed by atoms with van der Waals surface area (Å²) in [6, 6.07) is 2.43. The monoisotopic (exact) mass is 288 g/mol. The van der Waals surface area contributed by atoms with E-state index in [9.17, 15) is 0 Å². The van der Waals surface area contributed by atoms with Gasteiger partial charge in [-0.15, -0.1) is 0 Å². The average Bonchev–Trinajstić information content (AvgIpc) is 3.10. The SMILES string of the molecule is CC(C)c1n[nH]c([C@@H]2CCCCN2Cc2ccnn2C)n1. The topological polar surface area (TPSA) is 62.6 Å². The van der Waals surface area contributed by atoms with Crippen molar-refractivity contribution in [1.82, 2.24) is 29.9 Å². The summed E-state index contributed by atoms with van der Waals surface area (Å²) in [5.74, 6) is 2.29. The first-order chi connectivity index (χ1) is 10.1.